The third-order valence-corrected chi connectivity index (χ3v) is 3.94. The number of fused-ring (bicyclic) bond motifs is 1. The molecule has 0 aromatic rings. The minimum atomic E-state index is -1.18. The first-order chi connectivity index (χ1) is 6.54. The Labute approximate surface area is 88.9 Å². The summed E-state index contributed by atoms with van der Waals surface area (Å²) < 4.78 is 0. The van der Waals surface area contributed by atoms with Crippen molar-refractivity contribution in [3.63, 3.8) is 0 Å². The van der Waals surface area contributed by atoms with Gasteiger partial charge in [0.05, 0.1) is 5.03 Å². The lowest BCUT2D eigenvalue weighted by atomic mass is 10.1. The highest BCUT2D eigenvalue weighted by atomic mass is 35.5. The Morgan fingerprint density at radius 2 is 2.36 bits per heavy atom. The quantitative estimate of drug-likeness (QED) is 0.612. The number of amides is 1. The number of halogens is 1. The zero-order valence-electron chi connectivity index (χ0n) is 6.94. The van der Waals surface area contributed by atoms with E-state index < -0.39 is 12.0 Å². The lowest BCUT2D eigenvalue weighted by molar-refractivity contribution is -0.147. The number of carbonyl (C=O) groups is 2. The number of rotatable bonds is 1. The van der Waals surface area contributed by atoms with E-state index in [4.69, 9.17) is 22.4 Å². The molecule has 0 saturated carbocycles. The molecule has 0 spiro atoms. The van der Waals surface area contributed by atoms with Crippen LogP contribution in [0.1, 0.15) is 0 Å². The standard InChI is InChI=1S/C7H7ClN2O3S/c8-2-1-14-6-3(9)5(11)10(6)4(2)7(12)13/h3,6H,1,9H2,(H,12,13)/t3?,6-/m1/s1. The number of hydrogen-bond donors (Lipinski definition) is 2. The number of thioether (sulfide) groups is 1. The normalized spacial score (nSPS) is 31.3. The van der Waals surface area contributed by atoms with Gasteiger partial charge in [-0.25, -0.2) is 4.79 Å². The monoisotopic (exact) mass is 234 g/mol. The maximum absolute atomic E-state index is 11.3. The van der Waals surface area contributed by atoms with Gasteiger partial charge in [0.25, 0.3) is 0 Å². The van der Waals surface area contributed by atoms with Crippen LogP contribution in [0, 0.1) is 0 Å². The first-order valence-electron chi connectivity index (χ1n) is 3.86. The third kappa shape index (κ3) is 1.14. The van der Waals surface area contributed by atoms with Crippen molar-refractivity contribution in [3.8, 4) is 0 Å². The van der Waals surface area contributed by atoms with Gasteiger partial charge in [-0.1, -0.05) is 11.6 Å². The summed E-state index contributed by atoms with van der Waals surface area (Å²) in [6.07, 6.45) is 0. The van der Waals surface area contributed by atoms with Crippen molar-refractivity contribution >= 4 is 35.2 Å². The maximum atomic E-state index is 11.3. The molecule has 7 heteroatoms. The minimum Gasteiger partial charge on any atom is -0.477 e. The molecule has 1 fully saturated rings. The predicted octanol–water partition coefficient (Wildman–Crippen LogP) is -0.236. The second-order valence-corrected chi connectivity index (χ2v) is 4.56. The van der Waals surface area contributed by atoms with Crippen LogP contribution < -0.4 is 5.73 Å². The minimum absolute atomic E-state index is 0.123. The molecule has 14 heavy (non-hydrogen) atoms. The number of nitrogens with two attached hydrogens (primary N) is 1. The van der Waals surface area contributed by atoms with Crippen LogP contribution in [0.4, 0.5) is 0 Å². The van der Waals surface area contributed by atoms with E-state index in [9.17, 15) is 9.59 Å². The van der Waals surface area contributed by atoms with Crippen molar-refractivity contribution in [2.24, 2.45) is 5.73 Å². The second-order valence-electron chi connectivity index (χ2n) is 2.99. The Morgan fingerprint density at radius 1 is 1.71 bits per heavy atom. The maximum Gasteiger partial charge on any atom is 0.353 e. The molecule has 2 aliphatic heterocycles. The summed E-state index contributed by atoms with van der Waals surface area (Å²) in [5.41, 5.74) is 5.39. The Bertz CT molecular complexity index is 357. The summed E-state index contributed by atoms with van der Waals surface area (Å²) in [6, 6.07) is -0.598. The van der Waals surface area contributed by atoms with Gasteiger partial charge in [-0.15, -0.1) is 11.8 Å². The van der Waals surface area contributed by atoms with Gasteiger partial charge in [0.15, 0.2) is 0 Å². The van der Waals surface area contributed by atoms with E-state index in [-0.39, 0.29) is 22.0 Å². The molecule has 1 amide bonds. The zero-order valence-corrected chi connectivity index (χ0v) is 8.51. The number of hydrogen-bond acceptors (Lipinski definition) is 4. The average Bonchev–Trinajstić information content (AvgIpc) is 2.15. The lowest BCUT2D eigenvalue weighted by Gasteiger charge is -2.47. The van der Waals surface area contributed by atoms with Crippen molar-refractivity contribution in [2.45, 2.75) is 11.4 Å². The summed E-state index contributed by atoms with van der Waals surface area (Å²) in [5.74, 6) is -1.16. The fourth-order valence-corrected chi connectivity index (χ4v) is 2.98. The molecule has 0 aromatic carbocycles. The molecule has 0 aromatic heterocycles. The van der Waals surface area contributed by atoms with Crippen LogP contribution >= 0.6 is 23.4 Å². The first kappa shape index (κ1) is 9.82. The van der Waals surface area contributed by atoms with E-state index in [0.717, 1.165) is 4.90 Å². The SMILES string of the molecule is NC1C(=O)N2C(C(=O)O)=C(Cl)CS[C@H]12. The summed E-state index contributed by atoms with van der Waals surface area (Å²) in [7, 11) is 0. The molecule has 2 rings (SSSR count). The Hall–Kier alpha value is -0.720. The fourth-order valence-electron chi connectivity index (χ4n) is 1.48. The molecule has 5 nitrogen and oxygen atoms in total. The Balaban J connectivity index is 2.37. The van der Waals surface area contributed by atoms with Crippen molar-refractivity contribution in [1.82, 2.24) is 4.90 Å². The molecule has 1 unspecified atom stereocenters. The zero-order chi connectivity index (χ0) is 10.5. The van der Waals surface area contributed by atoms with Gasteiger partial charge in [-0.3, -0.25) is 9.69 Å². The van der Waals surface area contributed by atoms with Gasteiger partial charge in [0, 0.05) is 5.75 Å². The molecular formula is C7H7ClN2O3S. The van der Waals surface area contributed by atoms with E-state index in [2.05, 4.69) is 0 Å². The number of carboxylic acids is 1. The van der Waals surface area contributed by atoms with Crippen LogP contribution in [0.2, 0.25) is 0 Å². The number of carboxylic acid groups (broad SMARTS) is 1. The third-order valence-electron chi connectivity index (χ3n) is 2.17. The highest BCUT2D eigenvalue weighted by Crippen LogP contribution is 2.40. The summed E-state index contributed by atoms with van der Waals surface area (Å²) >= 11 is 7.11. The molecule has 76 valence electrons. The van der Waals surface area contributed by atoms with Crippen LogP contribution in [0.15, 0.2) is 10.7 Å². The van der Waals surface area contributed by atoms with Gasteiger partial charge in [-0.05, 0) is 0 Å². The van der Waals surface area contributed by atoms with E-state index in [1.807, 2.05) is 0 Å². The van der Waals surface area contributed by atoms with Gasteiger partial charge in [0.2, 0.25) is 5.91 Å². The van der Waals surface area contributed by atoms with Crippen LogP contribution in [-0.2, 0) is 9.59 Å². The summed E-state index contributed by atoms with van der Waals surface area (Å²) in [6.45, 7) is 0. The fraction of sp³-hybridized carbons (Fsp3) is 0.429. The van der Waals surface area contributed by atoms with Gasteiger partial charge < -0.3 is 10.8 Å². The molecule has 3 N–H and O–H groups in total. The highest BCUT2D eigenvalue weighted by molar-refractivity contribution is 8.00. The molecule has 2 heterocycles. The number of β-lactam (4-membered cyclic amide) rings is 1. The molecule has 2 aliphatic rings. The highest BCUT2D eigenvalue weighted by Gasteiger charge is 2.51. The first-order valence-corrected chi connectivity index (χ1v) is 5.29. The van der Waals surface area contributed by atoms with Crippen molar-refractivity contribution in [2.75, 3.05) is 5.75 Å². The molecule has 0 aliphatic carbocycles. The van der Waals surface area contributed by atoms with Gasteiger partial charge in [-0.2, -0.15) is 0 Å². The van der Waals surface area contributed by atoms with E-state index in [1.165, 1.54) is 11.8 Å². The molecule has 0 radical (unpaired) electrons. The Kier molecular flexibility index (Phi) is 2.21. The largest absolute Gasteiger partial charge is 0.477 e. The van der Waals surface area contributed by atoms with E-state index >= 15 is 0 Å². The molecular weight excluding hydrogens is 228 g/mol. The van der Waals surface area contributed by atoms with E-state index in [0.29, 0.717) is 5.75 Å². The van der Waals surface area contributed by atoms with Crippen LogP contribution in [0.25, 0.3) is 0 Å². The Morgan fingerprint density at radius 3 is 2.93 bits per heavy atom. The van der Waals surface area contributed by atoms with Crippen LogP contribution in [-0.4, -0.2) is 39.1 Å². The number of nitrogens with zero attached hydrogens (tertiary/aromatic N) is 1. The van der Waals surface area contributed by atoms with Gasteiger partial charge >= 0.3 is 5.97 Å². The lowest BCUT2D eigenvalue weighted by Crippen LogP contribution is -2.68. The molecule has 2 atom stereocenters. The molecule has 1 saturated heterocycles. The number of carbonyl (C=O) groups excluding carboxylic acids is 1. The predicted molar refractivity (Wildman–Crippen MR) is 51.6 cm³/mol. The van der Waals surface area contributed by atoms with Crippen molar-refractivity contribution in [3.05, 3.63) is 10.7 Å². The smallest absolute Gasteiger partial charge is 0.353 e. The van der Waals surface area contributed by atoms with Gasteiger partial charge in [0.1, 0.15) is 17.1 Å². The van der Waals surface area contributed by atoms with Crippen molar-refractivity contribution < 1.29 is 14.7 Å². The number of aliphatic carboxylic acids is 1. The van der Waals surface area contributed by atoms with Crippen molar-refractivity contribution in [1.29, 1.82) is 0 Å². The average molecular weight is 235 g/mol. The van der Waals surface area contributed by atoms with Crippen LogP contribution in [0.3, 0.4) is 0 Å². The molecule has 0 bridgehead atoms. The van der Waals surface area contributed by atoms with E-state index in [1.54, 1.807) is 0 Å². The van der Waals surface area contributed by atoms with Crippen LogP contribution in [0.5, 0.6) is 0 Å². The topological polar surface area (TPSA) is 83.6 Å². The summed E-state index contributed by atoms with van der Waals surface area (Å²) in [5, 5.41) is 8.77. The summed E-state index contributed by atoms with van der Waals surface area (Å²) in [4.78, 5) is 23.3. The second kappa shape index (κ2) is 3.15.